The van der Waals surface area contributed by atoms with E-state index in [0.29, 0.717) is 18.7 Å². The van der Waals surface area contributed by atoms with E-state index in [0.717, 1.165) is 4.90 Å². The largest absolute Gasteiger partial charge is 0.274 e. The van der Waals surface area contributed by atoms with Crippen LogP contribution in [0.2, 0.25) is 0 Å². The Morgan fingerprint density at radius 3 is 2.20 bits per heavy atom. The molecule has 1 aromatic rings. The Morgan fingerprint density at radius 2 is 1.80 bits per heavy atom. The minimum Gasteiger partial charge on any atom is -0.274 e. The van der Waals surface area contributed by atoms with Gasteiger partial charge in [-0.05, 0) is 12.1 Å². The average molecular weight is 206 g/mol. The zero-order chi connectivity index (χ0) is 11.3. The molecular weight excluding hydrogens is 192 g/mol. The van der Waals surface area contributed by atoms with Crippen molar-refractivity contribution in [2.45, 2.75) is 26.7 Å². The van der Waals surface area contributed by atoms with Crippen LogP contribution in [-0.4, -0.2) is 16.8 Å². The predicted molar refractivity (Wildman–Crippen MR) is 57.3 cm³/mol. The number of imide groups is 1. The summed E-state index contributed by atoms with van der Waals surface area (Å²) >= 11 is 0. The second kappa shape index (κ2) is 5.24. The molecule has 4 nitrogen and oxygen atoms in total. The van der Waals surface area contributed by atoms with Crippen molar-refractivity contribution in [1.29, 1.82) is 0 Å². The van der Waals surface area contributed by atoms with Gasteiger partial charge in [-0.1, -0.05) is 19.9 Å². The van der Waals surface area contributed by atoms with Gasteiger partial charge in [0.2, 0.25) is 11.8 Å². The lowest BCUT2D eigenvalue weighted by molar-refractivity contribution is -0.126. The highest BCUT2D eigenvalue weighted by molar-refractivity contribution is 6.13. The maximum Gasteiger partial charge on any atom is 0.234 e. The molecule has 0 unspecified atom stereocenters. The van der Waals surface area contributed by atoms with E-state index in [9.17, 15) is 9.59 Å². The van der Waals surface area contributed by atoms with E-state index in [1.54, 1.807) is 38.2 Å². The van der Waals surface area contributed by atoms with Crippen molar-refractivity contribution in [3.8, 4) is 0 Å². The number of carbonyl (C=O) groups is 2. The molecule has 0 aliphatic heterocycles. The molecule has 0 atom stereocenters. The number of hydrogen-bond acceptors (Lipinski definition) is 3. The van der Waals surface area contributed by atoms with Gasteiger partial charge in [0, 0.05) is 19.0 Å². The third kappa shape index (κ3) is 2.62. The van der Waals surface area contributed by atoms with Gasteiger partial charge < -0.3 is 0 Å². The van der Waals surface area contributed by atoms with Gasteiger partial charge in [-0.15, -0.1) is 0 Å². The highest BCUT2D eigenvalue weighted by Gasteiger charge is 2.20. The maximum absolute atomic E-state index is 11.6. The normalized spacial score (nSPS) is 9.73. The van der Waals surface area contributed by atoms with Crippen LogP contribution in [0.4, 0.5) is 5.82 Å². The molecule has 1 rings (SSSR count). The molecule has 0 saturated heterocycles. The Bertz CT molecular complexity index is 333. The van der Waals surface area contributed by atoms with Crippen LogP contribution in [-0.2, 0) is 9.59 Å². The molecule has 80 valence electrons. The van der Waals surface area contributed by atoms with Crippen LogP contribution in [0.1, 0.15) is 26.7 Å². The van der Waals surface area contributed by atoms with Crippen LogP contribution < -0.4 is 4.90 Å². The summed E-state index contributed by atoms with van der Waals surface area (Å²) in [5, 5.41) is 0. The van der Waals surface area contributed by atoms with E-state index in [2.05, 4.69) is 4.98 Å². The summed E-state index contributed by atoms with van der Waals surface area (Å²) in [6, 6.07) is 5.15. The number of nitrogens with zero attached hydrogens (tertiary/aromatic N) is 2. The molecule has 2 amide bonds. The molecule has 0 saturated carbocycles. The van der Waals surface area contributed by atoms with Crippen molar-refractivity contribution < 1.29 is 9.59 Å². The molecular formula is C11H14N2O2. The van der Waals surface area contributed by atoms with Gasteiger partial charge in [-0.3, -0.25) is 9.59 Å². The first-order valence-corrected chi connectivity index (χ1v) is 4.97. The summed E-state index contributed by atoms with van der Waals surface area (Å²) in [4.78, 5) is 28.3. The van der Waals surface area contributed by atoms with Crippen LogP contribution in [0, 0.1) is 0 Å². The van der Waals surface area contributed by atoms with Gasteiger partial charge in [0.25, 0.3) is 0 Å². The summed E-state index contributed by atoms with van der Waals surface area (Å²) in [6.45, 7) is 3.45. The fourth-order valence-corrected chi connectivity index (χ4v) is 1.20. The van der Waals surface area contributed by atoms with E-state index in [1.165, 1.54) is 0 Å². The molecule has 15 heavy (non-hydrogen) atoms. The average Bonchev–Trinajstić information content (AvgIpc) is 2.30. The van der Waals surface area contributed by atoms with Crippen LogP contribution in [0.5, 0.6) is 0 Å². The highest BCUT2D eigenvalue weighted by atomic mass is 16.2. The lowest BCUT2D eigenvalue weighted by Gasteiger charge is -2.18. The Morgan fingerprint density at radius 1 is 1.20 bits per heavy atom. The van der Waals surface area contributed by atoms with Gasteiger partial charge in [0.05, 0.1) is 0 Å². The fraction of sp³-hybridized carbons (Fsp3) is 0.364. The van der Waals surface area contributed by atoms with E-state index in [-0.39, 0.29) is 11.8 Å². The van der Waals surface area contributed by atoms with Crippen LogP contribution in [0.15, 0.2) is 24.4 Å². The van der Waals surface area contributed by atoms with Crippen molar-refractivity contribution in [3.05, 3.63) is 24.4 Å². The lowest BCUT2D eigenvalue weighted by atomic mass is 10.3. The van der Waals surface area contributed by atoms with Gasteiger partial charge in [0.15, 0.2) is 0 Å². The number of hydrogen-bond donors (Lipinski definition) is 0. The molecule has 0 aliphatic rings. The van der Waals surface area contributed by atoms with Gasteiger partial charge >= 0.3 is 0 Å². The van der Waals surface area contributed by atoms with Crippen LogP contribution in [0.3, 0.4) is 0 Å². The summed E-state index contributed by atoms with van der Waals surface area (Å²) in [5.74, 6) is -0.0442. The number of anilines is 1. The maximum atomic E-state index is 11.6. The molecule has 0 fully saturated rings. The molecule has 0 bridgehead atoms. The van der Waals surface area contributed by atoms with E-state index in [4.69, 9.17) is 0 Å². The van der Waals surface area contributed by atoms with Crippen molar-refractivity contribution in [1.82, 2.24) is 4.98 Å². The Labute approximate surface area is 88.9 Å². The molecule has 0 aliphatic carbocycles. The van der Waals surface area contributed by atoms with Crippen molar-refractivity contribution in [2.24, 2.45) is 0 Å². The first kappa shape index (κ1) is 11.4. The van der Waals surface area contributed by atoms with Crippen molar-refractivity contribution in [2.75, 3.05) is 4.90 Å². The topological polar surface area (TPSA) is 50.3 Å². The van der Waals surface area contributed by atoms with Crippen molar-refractivity contribution in [3.63, 3.8) is 0 Å². The minimum atomic E-state index is -0.222. The standard InChI is InChI=1S/C11H14N2O2/c1-3-10(14)13(11(15)4-2)9-7-5-6-8-12-9/h5-8H,3-4H2,1-2H3. The lowest BCUT2D eigenvalue weighted by Crippen LogP contribution is -2.36. The minimum absolute atomic E-state index is 0.222. The second-order valence-corrected chi connectivity index (χ2v) is 3.02. The first-order valence-electron chi connectivity index (χ1n) is 4.97. The molecule has 0 aromatic carbocycles. The summed E-state index contributed by atoms with van der Waals surface area (Å²) in [7, 11) is 0. The molecule has 1 aromatic heterocycles. The Kier molecular flexibility index (Phi) is 3.97. The monoisotopic (exact) mass is 206 g/mol. The second-order valence-electron chi connectivity index (χ2n) is 3.02. The van der Waals surface area contributed by atoms with E-state index < -0.39 is 0 Å². The Balaban J connectivity index is 3.02. The van der Waals surface area contributed by atoms with E-state index in [1.807, 2.05) is 0 Å². The smallest absolute Gasteiger partial charge is 0.234 e. The highest BCUT2D eigenvalue weighted by Crippen LogP contribution is 2.12. The summed E-state index contributed by atoms with van der Waals surface area (Å²) in [6.07, 6.45) is 2.15. The first-order chi connectivity index (χ1) is 7.20. The van der Waals surface area contributed by atoms with Crippen molar-refractivity contribution >= 4 is 17.6 Å². The zero-order valence-electron chi connectivity index (χ0n) is 8.93. The van der Waals surface area contributed by atoms with Crippen LogP contribution in [0.25, 0.3) is 0 Å². The van der Waals surface area contributed by atoms with Gasteiger partial charge in [0.1, 0.15) is 5.82 Å². The third-order valence-corrected chi connectivity index (χ3v) is 1.98. The molecule has 0 spiro atoms. The van der Waals surface area contributed by atoms with E-state index >= 15 is 0 Å². The van der Waals surface area contributed by atoms with Gasteiger partial charge in [-0.2, -0.15) is 0 Å². The number of rotatable bonds is 3. The molecule has 1 heterocycles. The molecule has 0 N–H and O–H groups in total. The fourth-order valence-electron chi connectivity index (χ4n) is 1.20. The number of aromatic nitrogens is 1. The van der Waals surface area contributed by atoms with Crippen LogP contribution >= 0.6 is 0 Å². The Hall–Kier alpha value is -1.71. The number of pyridine rings is 1. The predicted octanol–water partition coefficient (Wildman–Crippen LogP) is 1.76. The number of carbonyl (C=O) groups excluding carboxylic acids is 2. The zero-order valence-corrected chi connectivity index (χ0v) is 8.93. The molecule has 4 heteroatoms. The summed E-state index contributed by atoms with van der Waals surface area (Å²) in [5.41, 5.74) is 0. The molecule has 0 radical (unpaired) electrons. The SMILES string of the molecule is CCC(=O)N(C(=O)CC)c1ccccn1. The van der Waals surface area contributed by atoms with Gasteiger partial charge in [-0.25, -0.2) is 9.88 Å². The third-order valence-electron chi connectivity index (χ3n) is 1.98. The quantitative estimate of drug-likeness (QED) is 0.757. The number of amides is 2. The summed E-state index contributed by atoms with van der Waals surface area (Å²) < 4.78 is 0.